The summed E-state index contributed by atoms with van der Waals surface area (Å²) in [6, 6.07) is 4.46. The second kappa shape index (κ2) is 5.42. The molecule has 2 aromatic rings. The standard InChI is InChI=1S/C16H15FN4OS/c17-10-3-4-12-11(7-10)14(15(22)18-12)20-21-16(23)19-13-6-8-1-2-9(13)5-8/h1-4,7-9,13,18,22H,5-6H2,(H,19,23)/t8-,9+,13+/m1/s1. The van der Waals surface area contributed by atoms with Crippen LogP contribution in [0.15, 0.2) is 40.6 Å². The fourth-order valence-corrected chi connectivity index (χ4v) is 3.66. The molecule has 2 bridgehead atoms. The van der Waals surface area contributed by atoms with Gasteiger partial charge in [0.1, 0.15) is 5.82 Å². The molecule has 2 aliphatic rings. The predicted molar refractivity (Wildman–Crippen MR) is 89.3 cm³/mol. The van der Waals surface area contributed by atoms with Crippen molar-refractivity contribution in [3.63, 3.8) is 0 Å². The number of fused-ring (bicyclic) bond motifs is 3. The Morgan fingerprint density at radius 3 is 2.96 bits per heavy atom. The van der Waals surface area contributed by atoms with Crippen LogP contribution in [0, 0.1) is 17.7 Å². The van der Waals surface area contributed by atoms with E-state index in [2.05, 4.69) is 32.7 Å². The lowest BCUT2D eigenvalue weighted by atomic mass is 10.0. The summed E-state index contributed by atoms with van der Waals surface area (Å²) >= 11 is 5.21. The molecule has 0 amide bonds. The molecular weight excluding hydrogens is 315 g/mol. The minimum absolute atomic E-state index is 0.153. The number of azo groups is 1. The fourth-order valence-electron chi connectivity index (χ4n) is 3.47. The van der Waals surface area contributed by atoms with Crippen LogP contribution in [0.3, 0.4) is 0 Å². The number of thiocarbonyl (C=S) groups is 1. The van der Waals surface area contributed by atoms with Crippen molar-refractivity contribution in [2.24, 2.45) is 22.1 Å². The molecule has 3 N–H and O–H groups in total. The van der Waals surface area contributed by atoms with E-state index in [1.807, 2.05) is 0 Å². The van der Waals surface area contributed by atoms with Crippen molar-refractivity contribution >= 4 is 33.9 Å². The number of H-pyrrole nitrogens is 1. The van der Waals surface area contributed by atoms with Gasteiger partial charge < -0.3 is 15.4 Å². The molecule has 1 aromatic carbocycles. The first-order valence-electron chi connectivity index (χ1n) is 7.51. The van der Waals surface area contributed by atoms with E-state index in [1.54, 1.807) is 6.07 Å². The molecular formula is C16H15FN4OS. The molecule has 0 radical (unpaired) electrons. The van der Waals surface area contributed by atoms with Crippen LogP contribution in [-0.4, -0.2) is 21.2 Å². The number of hydrogen-bond donors (Lipinski definition) is 3. The van der Waals surface area contributed by atoms with Crippen molar-refractivity contribution in [3.8, 4) is 5.88 Å². The van der Waals surface area contributed by atoms with Gasteiger partial charge in [0.2, 0.25) is 11.0 Å². The Morgan fingerprint density at radius 1 is 1.35 bits per heavy atom. The number of rotatable bonds is 2. The molecule has 1 heterocycles. The lowest BCUT2D eigenvalue weighted by Crippen LogP contribution is -2.35. The molecule has 2 aliphatic carbocycles. The second-order valence-electron chi connectivity index (χ2n) is 6.05. The minimum Gasteiger partial charge on any atom is -0.493 e. The maximum absolute atomic E-state index is 13.4. The highest BCUT2D eigenvalue weighted by Crippen LogP contribution is 2.39. The molecule has 0 saturated heterocycles. The van der Waals surface area contributed by atoms with Gasteiger partial charge in [-0.15, -0.1) is 10.2 Å². The number of nitrogens with one attached hydrogen (secondary N) is 2. The number of hydrogen-bond acceptors (Lipinski definition) is 3. The highest BCUT2D eigenvalue weighted by molar-refractivity contribution is 7.80. The Kier molecular flexibility index (Phi) is 3.37. The van der Waals surface area contributed by atoms with Crippen LogP contribution in [0.4, 0.5) is 10.1 Å². The number of aromatic nitrogens is 1. The van der Waals surface area contributed by atoms with Crippen LogP contribution in [0.5, 0.6) is 5.88 Å². The number of nitrogens with zero attached hydrogens (tertiary/aromatic N) is 2. The van der Waals surface area contributed by atoms with Crippen LogP contribution in [0.25, 0.3) is 10.9 Å². The SMILES string of the molecule is Oc1[nH]c2ccc(F)cc2c1N=NC(=S)N[C@H]1C[C@@H]2C=C[C@H]1C2. The summed E-state index contributed by atoms with van der Waals surface area (Å²) in [6.07, 6.45) is 6.70. The average molecular weight is 330 g/mol. The van der Waals surface area contributed by atoms with Crippen molar-refractivity contribution in [1.82, 2.24) is 10.3 Å². The quantitative estimate of drug-likeness (QED) is 0.444. The van der Waals surface area contributed by atoms with Crippen LogP contribution >= 0.6 is 12.2 Å². The van der Waals surface area contributed by atoms with Crippen LogP contribution in [-0.2, 0) is 0 Å². The van der Waals surface area contributed by atoms with E-state index >= 15 is 0 Å². The van der Waals surface area contributed by atoms with Gasteiger partial charge in [0.15, 0.2) is 5.69 Å². The summed E-state index contributed by atoms with van der Waals surface area (Å²) in [7, 11) is 0. The van der Waals surface area contributed by atoms with E-state index in [9.17, 15) is 9.50 Å². The zero-order valence-corrected chi connectivity index (χ0v) is 13.0. The van der Waals surface area contributed by atoms with Gasteiger partial charge in [0, 0.05) is 11.4 Å². The summed E-state index contributed by atoms with van der Waals surface area (Å²) in [6.45, 7) is 0. The van der Waals surface area contributed by atoms with Gasteiger partial charge in [-0.05, 0) is 55.1 Å². The van der Waals surface area contributed by atoms with E-state index < -0.39 is 5.82 Å². The molecule has 1 fully saturated rings. The molecule has 5 nitrogen and oxygen atoms in total. The molecule has 1 aromatic heterocycles. The van der Waals surface area contributed by atoms with Gasteiger partial charge >= 0.3 is 0 Å². The summed E-state index contributed by atoms with van der Waals surface area (Å²) < 4.78 is 13.4. The zero-order valence-electron chi connectivity index (χ0n) is 12.2. The topological polar surface area (TPSA) is 72.8 Å². The third kappa shape index (κ3) is 2.61. The van der Waals surface area contributed by atoms with Crippen LogP contribution in [0.1, 0.15) is 12.8 Å². The van der Waals surface area contributed by atoms with Gasteiger partial charge in [-0.3, -0.25) is 0 Å². The van der Waals surface area contributed by atoms with Crippen LogP contribution in [0.2, 0.25) is 0 Å². The normalized spacial score (nSPS) is 25.7. The molecule has 1 saturated carbocycles. The average Bonchev–Trinajstić information content (AvgIpc) is 3.19. The fraction of sp³-hybridized carbons (Fsp3) is 0.312. The zero-order chi connectivity index (χ0) is 16.0. The summed E-state index contributed by atoms with van der Waals surface area (Å²) in [4.78, 5) is 2.74. The Hall–Kier alpha value is -2.28. The van der Waals surface area contributed by atoms with Crippen molar-refractivity contribution in [1.29, 1.82) is 0 Å². The van der Waals surface area contributed by atoms with Crippen molar-refractivity contribution in [3.05, 3.63) is 36.2 Å². The summed E-state index contributed by atoms with van der Waals surface area (Å²) in [5.74, 6) is 0.587. The largest absolute Gasteiger partial charge is 0.493 e. The van der Waals surface area contributed by atoms with Gasteiger partial charge in [-0.2, -0.15) is 0 Å². The van der Waals surface area contributed by atoms with Gasteiger partial charge in [-0.25, -0.2) is 4.39 Å². The van der Waals surface area contributed by atoms with E-state index in [1.165, 1.54) is 18.6 Å². The smallest absolute Gasteiger partial charge is 0.218 e. The third-order valence-corrected chi connectivity index (χ3v) is 4.74. The number of benzene rings is 1. The first-order valence-corrected chi connectivity index (χ1v) is 7.92. The molecule has 3 atom stereocenters. The molecule has 23 heavy (non-hydrogen) atoms. The third-order valence-electron chi connectivity index (χ3n) is 4.54. The maximum Gasteiger partial charge on any atom is 0.218 e. The van der Waals surface area contributed by atoms with E-state index in [0.717, 1.165) is 6.42 Å². The maximum atomic E-state index is 13.4. The molecule has 118 valence electrons. The molecule has 0 unspecified atom stereocenters. The predicted octanol–water partition coefficient (Wildman–Crippen LogP) is 3.94. The lowest BCUT2D eigenvalue weighted by molar-refractivity contribution is 0.459. The Bertz CT molecular complexity index is 844. The lowest BCUT2D eigenvalue weighted by Gasteiger charge is -2.19. The Balaban J connectivity index is 1.52. The van der Waals surface area contributed by atoms with Crippen LogP contribution < -0.4 is 5.32 Å². The van der Waals surface area contributed by atoms with Gasteiger partial charge in [0.05, 0.1) is 5.52 Å². The van der Waals surface area contributed by atoms with Gasteiger partial charge in [-0.1, -0.05) is 12.2 Å². The highest BCUT2D eigenvalue weighted by atomic mass is 32.1. The first-order chi connectivity index (χ1) is 11.1. The monoisotopic (exact) mass is 330 g/mol. The number of allylic oxidation sites excluding steroid dienone is 1. The molecule has 0 spiro atoms. The van der Waals surface area contributed by atoms with E-state index in [4.69, 9.17) is 12.2 Å². The summed E-state index contributed by atoms with van der Waals surface area (Å²) in [5, 5.41) is 21.8. The second-order valence-corrected chi connectivity index (χ2v) is 6.44. The minimum atomic E-state index is -0.401. The Morgan fingerprint density at radius 2 is 2.22 bits per heavy atom. The molecule has 0 aliphatic heterocycles. The van der Waals surface area contributed by atoms with Crippen molar-refractivity contribution in [2.45, 2.75) is 18.9 Å². The Labute approximate surface area is 137 Å². The highest BCUT2D eigenvalue weighted by Gasteiger charge is 2.35. The number of halogens is 1. The molecule has 7 heteroatoms. The van der Waals surface area contributed by atoms with Crippen molar-refractivity contribution in [2.75, 3.05) is 0 Å². The number of aromatic hydroxyl groups is 1. The first kappa shape index (κ1) is 14.3. The van der Waals surface area contributed by atoms with E-state index in [0.29, 0.717) is 28.8 Å². The molecule has 4 rings (SSSR count). The van der Waals surface area contributed by atoms with Crippen molar-refractivity contribution < 1.29 is 9.50 Å². The van der Waals surface area contributed by atoms with E-state index in [-0.39, 0.29) is 16.7 Å². The number of aromatic amines is 1. The summed E-state index contributed by atoms with van der Waals surface area (Å²) in [5.41, 5.74) is 0.784. The van der Waals surface area contributed by atoms with Gasteiger partial charge in [0.25, 0.3) is 0 Å².